The van der Waals surface area contributed by atoms with Gasteiger partial charge >= 0.3 is 0 Å². The number of hydrogen-bond donors (Lipinski definition) is 0. The minimum atomic E-state index is 0.394. The highest BCUT2D eigenvalue weighted by Crippen LogP contribution is 2.30. The molecule has 3 rings (SSSR count). The Morgan fingerprint density at radius 3 is 2.70 bits per heavy atom. The number of benzene rings is 1. The van der Waals surface area contributed by atoms with Crippen LogP contribution in [0.4, 0.5) is 0 Å². The van der Waals surface area contributed by atoms with Crippen LogP contribution in [0.3, 0.4) is 0 Å². The summed E-state index contributed by atoms with van der Waals surface area (Å²) < 4.78 is 16.4. The van der Waals surface area contributed by atoms with Crippen LogP contribution in [0.5, 0.6) is 5.75 Å². The van der Waals surface area contributed by atoms with Gasteiger partial charge in [-0.15, -0.1) is 0 Å². The lowest BCUT2D eigenvalue weighted by Gasteiger charge is -2.11. The lowest BCUT2D eigenvalue weighted by atomic mass is 10.1. The summed E-state index contributed by atoms with van der Waals surface area (Å²) in [5.74, 6) is 2.44. The van der Waals surface area contributed by atoms with Crippen LogP contribution in [0.2, 0.25) is 0 Å². The highest BCUT2D eigenvalue weighted by Gasteiger charge is 2.10. The van der Waals surface area contributed by atoms with Crippen molar-refractivity contribution in [2.45, 2.75) is 20.5 Å². The van der Waals surface area contributed by atoms with Crippen molar-refractivity contribution >= 4 is 0 Å². The van der Waals surface area contributed by atoms with E-state index in [0.717, 1.165) is 34.1 Å². The van der Waals surface area contributed by atoms with Crippen molar-refractivity contribution in [2.24, 2.45) is 0 Å². The Morgan fingerprint density at radius 1 is 1.10 bits per heavy atom. The second-order valence-corrected chi connectivity index (χ2v) is 4.55. The lowest BCUT2D eigenvalue weighted by molar-refractivity contribution is 0.297. The number of ether oxygens (including phenoxy) is 1. The Hall–Kier alpha value is -2.49. The number of hydrogen-bond acceptors (Lipinski definition) is 4. The van der Waals surface area contributed by atoms with Crippen LogP contribution >= 0.6 is 0 Å². The van der Waals surface area contributed by atoms with Gasteiger partial charge in [-0.1, -0.05) is 12.1 Å². The summed E-state index contributed by atoms with van der Waals surface area (Å²) in [6.45, 7) is 4.28. The van der Waals surface area contributed by atoms with Gasteiger partial charge in [-0.2, -0.15) is 0 Å². The minimum absolute atomic E-state index is 0.394. The number of furan rings is 1. The van der Waals surface area contributed by atoms with Gasteiger partial charge in [0.05, 0.1) is 6.26 Å². The highest BCUT2D eigenvalue weighted by atomic mass is 16.5. The molecule has 2 aromatic heterocycles. The molecule has 0 saturated heterocycles. The normalized spacial score (nSPS) is 10.7. The molecule has 20 heavy (non-hydrogen) atoms. The monoisotopic (exact) mass is 269 g/mol. The fourth-order valence-electron chi connectivity index (χ4n) is 2.08. The minimum Gasteiger partial charge on any atom is -0.487 e. The van der Waals surface area contributed by atoms with Crippen LogP contribution < -0.4 is 4.74 Å². The molecule has 0 fully saturated rings. The molecule has 0 amide bonds. The van der Waals surface area contributed by atoms with E-state index in [1.54, 1.807) is 6.26 Å². The molecule has 0 unspecified atom stereocenters. The van der Waals surface area contributed by atoms with E-state index in [4.69, 9.17) is 13.6 Å². The van der Waals surface area contributed by atoms with E-state index in [9.17, 15) is 0 Å². The Labute approximate surface area is 117 Å². The molecule has 102 valence electrons. The van der Waals surface area contributed by atoms with Crippen LogP contribution in [0.1, 0.15) is 17.0 Å². The summed E-state index contributed by atoms with van der Waals surface area (Å²) in [6.07, 6.45) is 3.10. The van der Waals surface area contributed by atoms with Gasteiger partial charge in [0.25, 0.3) is 0 Å². The number of aryl methyl sites for hydroxylation is 1. The summed E-state index contributed by atoms with van der Waals surface area (Å²) in [7, 11) is 0. The van der Waals surface area contributed by atoms with Gasteiger partial charge in [-0.25, -0.2) is 4.98 Å². The van der Waals surface area contributed by atoms with Gasteiger partial charge in [0.1, 0.15) is 29.6 Å². The first kappa shape index (κ1) is 12.5. The molecule has 4 nitrogen and oxygen atoms in total. The average Bonchev–Trinajstić information content (AvgIpc) is 3.09. The van der Waals surface area contributed by atoms with Crippen molar-refractivity contribution in [3.05, 3.63) is 60.0 Å². The summed E-state index contributed by atoms with van der Waals surface area (Å²) >= 11 is 0. The zero-order chi connectivity index (χ0) is 13.9. The molecule has 0 N–H and O–H groups in total. The van der Waals surface area contributed by atoms with E-state index < -0.39 is 0 Å². The third-order valence-electron chi connectivity index (χ3n) is 3.28. The largest absolute Gasteiger partial charge is 0.487 e. The number of aromatic nitrogens is 1. The first-order valence-electron chi connectivity index (χ1n) is 6.41. The molecule has 0 aliphatic rings. The molecule has 0 bridgehead atoms. The van der Waals surface area contributed by atoms with Crippen molar-refractivity contribution in [1.29, 1.82) is 0 Å². The third-order valence-corrected chi connectivity index (χ3v) is 3.28. The van der Waals surface area contributed by atoms with E-state index in [-0.39, 0.29) is 0 Å². The zero-order valence-corrected chi connectivity index (χ0v) is 11.4. The SMILES string of the molecule is Cc1ocnc1COc1cccc(-c2ccco2)c1C. The zero-order valence-electron chi connectivity index (χ0n) is 11.4. The van der Waals surface area contributed by atoms with Crippen molar-refractivity contribution in [2.75, 3.05) is 0 Å². The molecular weight excluding hydrogens is 254 g/mol. The van der Waals surface area contributed by atoms with Crippen molar-refractivity contribution < 1.29 is 13.6 Å². The van der Waals surface area contributed by atoms with Gasteiger partial charge in [0, 0.05) is 11.1 Å². The maximum Gasteiger partial charge on any atom is 0.181 e. The van der Waals surface area contributed by atoms with Crippen molar-refractivity contribution in [1.82, 2.24) is 4.98 Å². The summed E-state index contributed by atoms with van der Waals surface area (Å²) in [6, 6.07) is 9.73. The first-order valence-corrected chi connectivity index (χ1v) is 6.41. The van der Waals surface area contributed by atoms with Crippen LogP contribution in [-0.4, -0.2) is 4.98 Å². The average molecular weight is 269 g/mol. The number of nitrogens with zero attached hydrogens (tertiary/aromatic N) is 1. The molecule has 0 saturated carbocycles. The Balaban J connectivity index is 1.84. The Bertz CT molecular complexity index is 698. The first-order chi connectivity index (χ1) is 9.75. The second-order valence-electron chi connectivity index (χ2n) is 4.55. The Morgan fingerprint density at radius 2 is 2.00 bits per heavy atom. The molecule has 4 heteroatoms. The quantitative estimate of drug-likeness (QED) is 0.714. The molecule has 0 aliphatic heterocycles. The molecule has 1 aromatic carbocycles. The van der Waals surface area contributed by atoms with Crippen LogP contribution in [0.25, 0.3) is 11.3 Å². The standard InChI is InChI=1S/C16H15NO3/c1-11-13(16-7-4-8-18-16)5-3-6-15(11)19-9-14-12(2)20-10-17-14/h3-8,10H,9H2,1-2H3. The summed E-state index contributed by atoms with van der Waals surface area (Å²) in [5, 5.41) is 0. The van der Waals surface area contributed by atoms with E-state index >= 15 is 0 Å². The Kier molecular flexibility index (Phi) is 3.29. The van der Waals surface area contributed by atoms with Gasteiger partial charge in [-0.05, 0) is 32.0 Å². The van der Waals surface area contributed by atoms with Crippen molar-refractivity contribution in [3.8, 4) is 17.1 Å². The highest BCUT2D eigenvalue weighted by molar-refractivity contribution is 5.65. The van der Waals surface area contributed by atoms with E-state index in [1.807, 2.05) is 44.2 Å². The van der Waals surface area contributed by atoms with Crippen LogP contribution in [-0.2, 0) is 6.61 Å². The molecule has 0 radical (unpaired) electrons. The maximum absolute atomic E-state index is 5.84. The maximum atomic E-state index is 5.84. The van der Waals surface area contributed by atoms with E-state index in [2.05, 4.69) is 4.98 Å². The number of oxazole rings is 1. The van der Waals surface area contributed by atoms with Gasteiger partial charge < -0.3 is 13.6 Å². The third kappa shape index (κ3) is 2.32. The molecule has 3 aromatic rings. The van der Waals surface area contributed by atoms with Gasteiger partial charge in [0.15, 0.2) is 6.39 Å². The summed E-state index contributed by atoms with van der Waals surface area (Å²) in [5.41, 5.74) is 2.89. The van der Waals surface area contributed by atoms with Gasteiger partial charge in [-0.3, -0.25) is 0 Å². The fraction of sp³-hybridized carbons (Fsp3) is 0.188. The van der Waals surface area contributed by atoms with Crippen molar-refractivity contribution in [3.63, 3.8) is 0 Å². The van der Waals surface area contributed by atoms with Crippen LogP contribution in [0.15, 0.2) is 51.8 Å². The molecular formula is C16H15NO3. The molecule has 0 spiro atoms. The summed E-state index contributed by atoms with van der Waals surface area (Å²) in [4.78, 5) is 4.12. The smallest absolute Gasteiger partial charge is 0.181 e. The number of rotatable bonds is 4. The van der Waals surface area contributed by atoms with Gasteiger partial charge in [0.2, 0.25) is 0 Å². The molecule has 0 atom stereocenters. The molecule has 2 heterocycles. The second kappa shape index (κ2) is 5.25. The predicted molar refractivity (Wildman–Crippen MR) is 74.5 cm³/mol. The fourth-order valence-corrected chi connectivity index (χ4v) is 2.08. The topological polar surface area (TPSA) is 48.4 Å². The van der Waals surface area contributed by atoms with E-state index in [1.165, 1.54) is 6.39 Å². The lowest BCUT2D eigenvalue weighted by Crippen LogP contribution is -1.99. The predicted octanol–water partition coefficient (Wildman–Crippen LogP) is 4.13. The van der Waals surface area contributed by atoms with Crippen LogP contribution in [0, 0.1) is 13.8 Å². The van der Waals surface area contributed by atoms with E-state index in [0.29, 0.717) is 6.61 Å². The molecule has 0 aliphatic carbocycles.